The van der Waals surface area contributed by atoms with E-state index < -0.39 is 0 Å². The van der Waals surface area contributed by atoms with Crippen LogP contribution in [-0.2, 0) is 4.79 Å². The summed E-state index contributed by atoms with van der Waals surface area (Å²) < 4.78 is 6.55. The molecule has 1 unspecified atom stereocenters. The molecule has 0 aliphatic heterocycles. The van der Waals surface area contributed by atoms with Gasteiger partial charge in [-0.15, -0.1) is 0 Å². The summed E-state index contributed by atoms with van der Waals surface area (Å²) in [6, 6.07) is 7.61. The van der Waals surface area contributed by atoms with Crippen LogP contribution in [0.4, 0.5) is 0 Å². The Bertz CT molecular complexity index is 431. The standard InChI is InChI=1S/C15H20BrNO3/c16-12-5-7-13(8-6-12)20-9-1-2-15(19)17-10-14(18)11-3-4-11/h5-8,11,14,18H,1-4,9-10H2,(H,17,19). The molecule has 4 nitrogen and oxygen atoms in total. The van der Waals surface area contributed by atoms with E-state index in [0.717, 1.165) is 23.1 Å². The van der Waals surface area contributed by atoms with Gasteiger partial charge in [0.25, 0.3) is 0 Å². The maximum Gasteiger partial charge on any atom is 0.220 e. The van der Waals surface area contributed by atoms with Crippen LogP contribution in [0.3, 0.4) is 0 Å². The third-order valence-corrected chi connectivity index (χ3v) is 3.83. The number of rotatable bonds is 8. The molecular formula is C15H20BrNO3. The SMILES string of the molecule is O=C(CCCOc1ccc(Br)cc1)NCC(O)C1CC1. The van der Waals surface area contributed by atoms with Crippen molar-refractivity contribution in [1.82, 2.24) is 5.32 Å². The van der Waals surface area contributed by atoms with Crippen molar-refractivity contribution in [3.8, 4) is 5.75 Å². The van der Waals surface area contributed by atoms with Crippen LogP contribution >= 0.6 is 15.9 Å². The zero-order valence-electron chi connectivity index (χ0n) is 11.3. The maximum atomic E-state index is 11.6. The van der Waals surface area contributed by atoms with Crippen LogP contribution in [0.25, 0.3) is 0 Å². The highest BCUT2D eigenvalue weighted by molar-refractivity contribution is 9.10. The number of hydrogen-bond donors (Lipinski definition) is 2. The van der Waals surface area contributed by atoms with Crippen LogP contribution in [0.5, 0.6) is 5.75 Å². The van der Waals surface area contributed by atoms with Crippen molar-refractivity contribution in [2.45, 2.75) is 31.8 Å². The number of ether oxygens (including phenoxy) is 1. The normalized spacial score (nSPS) is 15.7. The molecule has 0 radical (unpaired) electrons. The van der Waals surface area contributed by atoms with E-state index in [4.69, 9.17) is 4.74 Å². The minimum Gasteiger partial charge on any atom is -0.494 e. The van der Waals surface area contributed by atoms with E-state index in [1.807, 2.05) is 24.3 Å². The summed E-state index contributed by atoms with van der Waals surface area (Å²) in [6.07, 6.45) is 2.88. The zero-order chi connectivity index (χ0) is 14.4. The first kappa shape index (κ1) is 15.3. The van der Waals surface area contributed by atoms with Crippen molar-refractivity contribution in [2.75, 3.05) is 13.2 Å². The molecule has 1 fully saturated rings. The van der Waals surface area contributed by atoms with E-state index >= 15 is 0 Å². The molecule has 0 heterocycles. The van der Waals surface area contributed by atoms with Gasteiger partial charge in [-0.25, -0.2) is 0 Å². The van der Waals surface area contributed by atoms with Gasteiger partial charge < -0.3 is 15.2 Å². The van der Waals surface area contributed by atoms with Gasteiger partial charge in [0, 0.05) is 17.4 Å². The van der Waals surface area contributed by atoms with Crippen LogP contribution < -0.4 is 10.1 Å². The van der Waals surface area contributed by atoms with Gasteiger partial charge in [0.2, 0.25) is 5.91 Å². The summed E-state index contributed by atoms with van der Waals surface area (Å²) >= 11 is 3.36. The average molecular weight is 342 g/mol. The fourth-order valence-electron chi connectivity index (χ4n) is 1.91. The van der Waals surface area contributed by atoms with Gasteiger partial charge in [0.05, 0.1) is 12.7 Å². The maximum absolute atomic E-state index is 11.6. The summed E-state index contributed by atoms with van der Waals surface area (Å²) in [5, 5.41) is 12.4. The minimum atomic E-state index is -0.377. The predicted octanol–water partition coefficient (Wildman–Crippen LogP) is 2.50. The number of halogens is 1. The van der Waals surface area contributed by atoms with Gasteiger partial charge in [0.1, 0.15) is 5.75 Å². The highest BCUT2D eigenvalue weighted by Crippen LogP contribution is 2.32. The predicted molar refractivity (Wildman–Crippen MR) is 80.6 cm³/mol. The fraction of sp³-hybridized carbons (Fsp3) is 0.533. The summed E-state index contributed by atoms with van der Waals surface area (Å²) in [7, 11) is 0. The first-order valence-corrected chi connectivity index (χ1v) is 7.77. The second kappa shape index (κ2) is 7.64. The van der Waals surface area contributed by atoms with E-state index in [1.54, 1.807) is 0 Å². The number of carbonyl (C=O) groups is 1. The molecule has 1 aliphatic carbocycles. The van der Waals surface area contributed by atoms with E-state index in [-0.39, 0.29) is 12.0 Å². The molecule has 1 atom stereocenters. The van der Waals surface area contributed by atoms with Crippen molar-refractivity contribution in [2.24, 2.45) is 5.92 Å². The van der Waals surface area contributed by atoms with Crippen molar-refractivity contribution < 1.29 is 14.6 Å². The molecule has 2 rings (SSSR count). The fourth-order valence-corrected chi connectivity index (χ4v) is 2.17. The quantitative estimate of drug-likeness (QED) is 0.714. The Morgan fingerprint density at radius 2 is 2.10 bits per heavy atom. The largest absolute Gasteiger partial charge is 0.494 e. The smallest absolute Gasteiger partial charge is 0.220 e. The second-order valence-electron chi connectivity index (χ2n) is 5.11. The van der Waals surface area contributed by atoms with Gasteiger partial charge in [0.15, 0.2) is 0 Å². The lowest BCUT2D eigenvalue weighted by Crippen LogP contribution is -2.33. The van der Waals surface area contributed by atoms with Gasteiger partial charge >= 0.3 is 0 Å². The topological polar surface area (TPSA) is 58.6 Å². The Balaban J connectivity index is 1.53. The molecule has 0 spiro atoms. The van der Waals surface area contributed by atoms with Crippen molar-refractivity contribution in [3.63, 3.8) is 0 Å². The first-order valence-electron chi connectivity index (χ1n) is 6.98. The third kappa shape index (κ3) is 5.51. The lowest BCUT2D eigenvalue weighted by Gasteiger charge is -2.10. The zero-order valence-corrected chi connectivity index (χ0v) is 12.9. The van der Waals surface area contributed by atoms with Crippen molar-refractivity contribution in [1.29, 1.82) is 0 Å². The molecular weight excluding hydrogens is 322 g/mol. The van der Waals surface area contributed by atoms with E-state index in [0.29, 0.717) is 31.9 Å². The van der Waals surface area contributed by atoms with Crippen LogP contribution in [0.15, 0.2) is 28.7 Å². The summed E-state index contributed by atoms with van der Waals surface area (Å²) in [5.41, 5.74) is 0. The third-order valence-electron chi connectivity index (χ3n) is 3.31. The number of aliphatic hydroxyl groups excluding tert-OH is 1. The summed E-state index contributed by atoms with van der Waals surface area (Å²) in [4.78, 5) is 11.6. The highest BCUT2D eigenvalue weighted by atomic mass is 79.9. The highest BCUT2D eigenvalue weighted by Gasteiger charge is 2.29. The number of amides is 1. The van der Waals surface area contributed by atoms with Crippen LogP contribution in [0.1, 0.15) is 25.7 Å². The Morgan fingerprint density at radius 1 is 1.40 bits per heavy atom. The van der Waals surface area contributed by atoms with E-state index in [1.165, 1.54) is 0 Å². The molecule has 1 amide bonds. The minimum absolute atomic E-state index is 0.0240. The van der Waals surface area contributed by atoms with Gasteiger partial charge in [-0.1, -0.05) is 15.9 Å². The molecule has 2 N–H and O–H groups in total. The second-order valence-corrected chi connectivity index (χ2v) is 6.03. The molecule has 1 aromatic carbocycles. The average Bonchev–Trinajstić information content (AvgIpc) is 3.27. The van der Waals surface area contributed by atoms with Gasteiger partial charge in [-0.05, 0) is 49.4 Å². The van der Waals surface area contributed by atoms with Crippen LogP contribution in [-0.4, -0.2) is 30.3 Å². The van der Waals surface area contributed by atoms with E-state index in [9.17, 15) is 9.90 Å². The van der Waals surface area contributed by atoms with E-state index in [2.05, 4.69) is 21.2 Å². The number of hydrogen-bond acceptors (Lipinski definition) is 3. The number of nitrogens with one attached hydrogen (secondary N) is 1. The Kier molecular flexibility index (Phi) is 5.86. The molecule has 0 saturated heterocycles. The lowest BCUT2D eigenvalue weighted by molar-refractivity contribution is -0.121. The molecule has 20 heavy (non-hydrogen) atoms. The Labute approximate surface area is 127 Å². The van der Waals surface area contributed by atoms with Crippen molar-refractivity contribution >= 4 is 21.8 Å². The van der Waals surface area contributed by atoms with Crippen LogP contribution in [0, 0.1) is 5.92 Å². The molecule has 1 aliphatic rings. The summed E-state index contributed by atoms with van der Waals surface area (Å²) in [5.74, 6) is 1.18. The van der Waals surface area contributed by atoms with Gasteiger partial charge in [-0.3, -0.25) is 4.79 Å². The van der Waals surface area contributed by atoms with Crippen LogP contribution in [0.2, 0.25) is 0 Å². The number of benzene rings is 1. The number of carbonyl (C=O) groups excluding carboxylic acids is 1. The number of aliphatic hydroxyl groups is 1. The molecule has 5 heteroatoms. The Hall–Kier alpha value is -1.07. The molecule has 1 aromatic rings. The first-order chi connectivity index (χ1) is 9.65. The molecule has 0 aromatic heterocycles. The molecule has 110 valence electrons. The monoisotopic (exact) mass is 341 g/mol. The lowest BCUT2D eigenvalue weighted by atomic mass is 10.2. The summed E-state index contributed by atoms with van der Waals surface area (Å²) in [6.45, 7) is 0.886. The van der Waals surface area contributed by atoms with Gasteiger partial charge in [-0.2, -0.15) is 0 Å². The Morgan fingerprint density at radius 3 is 2.75 bits per heavy atom. The molecule has 1 saturated carbocycles. The van der Waals surface area contributed by atoms with Crippen molar-refractivity contribution in [3.05, 3.63) is 28.7 Å². The molecule has 0 bridgehead atoms.